The van der Waals surface area contributed by atoms with Gasteiger partial charge in [0.2, 0.25) is 0 Å². The Balaban J connectivity index is 2.11. The summed E-state index contributed by atoms with van der Waals surface area (Å²) in [5.74, 6) is -0.290. The molecule has 1 amide bonds. The smallest absolute Gasteiger partial charge is 0.265 e. The maximum atomic E-state index is 13.5. The highest BCUT2D eigenvalue weighted by Crippen LogP contribution is 2.28. The predicted octanol–water partition coefficient (Wildman–Crippen LogP) is 4.50. The van der Waals surface area contributed by atoms with Crippen molar-refractivity contribution in [2.45, 2.75) is 26.9 Å². The van der Waals surface area contributed by atoms with Crippen molar-refractivity contribution < 1.29 is 13.9 Å². The molecule has 116 valence electrons. The van der Waals surface area contributed by atoms with Crippen molar-refractivity contribution >= 4 is 23.2 Å². The molecule has 0 aliphatic heterocycles. The van der Waals surface area contributed by atoms with Crippen LogP contribution in [0, 0.1) is 19.7 Å². The number of hydrogen-bond donors (Lipinski definition) is 1. The molecule has 0 spiro atoms. The van der Waals surface area contributed by atoms with Crippen LogP contribution in [0.1, 0.15) is 18.1 Å². The molecule has 5 heteroatoms. The molecule has 3 nitrogen and oxygen atoms in total. The number of ether oxygens (including phenoxy) is 1. The highest BCUT2D eigenvalue weighted by atomic mass is 35.5. The van der Waals surface area contributed by atoms with Crippen LogP contribution in [0.2, 0.25) is 5.02 Å². The summed E-state index contributed by atoms with van der Waals surface area (Å²) in [6.07, 6.45) is -0.766. The number of carbonyl (C=O) groups excluding carboxylic acids is 1. The molecule has 22 heavy (non-hydrogen) atoms. The molecule has 0 aliphatic rings. The van der Waals surface area contributed by atoms with Crippen LogP contribution in [0.5, 0.6) is 5.75 Å². The largest absolute Gasteiger partial charge is 0.480 e. The number of aryl methyl sites for hydroxylation is 2. The molecule has 2 aromatic rings. The van der Waals surface area contributed by atoms with E-state index in [1.54, 1.807) is 31.2 Å². The Labute approximate surface area is 134 Å². The number of carbonyl (C=O) groups is 1. The summed E-state index contributed by atoms with van der Waals surface area (Å²) in [5.41, 5.74) is 1.82. The first-order valence-electron chi connectivity index (χ1n) is 6.87. The van der Waals surface area contributed by atoms with Gasteiger partial charge in [0, 0.05) is 5.02 Å². The Morgan fingerprint density at radius 3 is 2.41 bits per heavy atom. The first-order valence-corrected chi connectivity index (χ1v) is 7.25. The SMILES string of the molecule is Cc1cc(Cl)cc(C)c1O[C@@H](C)C(=O)Nc1ccccc1F. The topological polar surface area (TPSA) is 38.3 Å². The Morgan fingerprint density at radius 1 is 1.23 bits per heavy atom. The van der Waals surface area contributed by atoms with Crippen LogP contribution in [-0.2, 0) is 4.79 Å². The average molecular weight is 322 g/mol. The van der Waals surface area contributed by atoms with Gasteiger partial charge in [0.05, 0.1) is 5.69 Å². The van der Waals surface area contributed by atoms with Crippen LogP contribution < -0.4 is 10.1 Å². The number of amides is 1. The maximum absolute atomic E-state index is 13.5. The minimum atomic E-state index is -0.766. The van der Waals surface area contributed by atoms with Crippen molar-refractivity contribution in [3.63, 3.8) is 0 Å². The van der Waals surface area contributed by atoms with Crippen molar-refractivity contribution in [2.75, 3.05) is 5.32 Å². The normalized spacial score (nSPS) is 11.9. The lowest BCUT2D eigenvalue weighted by atomic mass is 10.1. The summed E-state index contributed by atoms with van der Waals surface area (Å²) in [6.45, 7) is 5.33. The second-order valence-corrected chi connectivity index (χ2v) is 5.53. The summed E-state index contributed by atoms with van der Waals surface area (Å²) < 4.78 is 19.3. The zero-order valence-electron chi connectivity index (χ0n) is 12.6. The zero-order valence-corrected chi connectivity index (χ0v) is 13.4. The molecule has 2 aromatic carbocycles. The summed E-state index contributed by atoms with van der Waals surface area (Å²) >= 11 is 5.97. The fourth-order valence-electron chi connectivity index (χ4n) is 2.11. The molecule has 0 aliphatic carbocycles. The Morgan fingerprint density at radius 2 is 1.82 bits per heavy atom. The lowest BCUT2D eigenvalue weighted by Crippen LogP contribution is -2.30. The number of anilines is 1. The van der Waals surface area contributed by atoms with Crippen LogP contribution >= 0.6 is 11.6 Å². The third kappa shape index (κ3) is 3.77. The standard InChI is InChI=1S/C17H17ClFNO2/c1-10-8-13(18)9-11(2)16(10)22-12(3)17(21)20-15-7-5-4-6-14(15)19/h4-9,12H,1-3H3,(H,20,21)/t12-/m0/s1. The molecule has 0 heterocycles. The fourth-order valence-corrected chi connectivity index (χ4v) is 2.44. The molecule has 0 saturated carbocycles. The van der Waals surface area contributed by atoms with Gasteiger partial charge in [-0.1, -0.05) is 23.7 Å². The van der Waals surface area contributed by atoms with E-state index in [9.17, 15) is 9.18 Å². The molecule has 0 bridgehead atoms. The minimum Gasteiger partial charge on any atom is -0.480 e. The lowest BCUT2D eigenvalue weighted by molar-refractivity contribution is -0.122. The van der Waals surface area contributed by atoms with Crippen molar-refractivity contribution in [1.82, 2.24) is 0 Å². The van der Waals surface area contributed by atoms with E-state index in [-0.39, 0.29) is 5.69 Å². The highest BCUT2D eigenvalue weighted by Gasteiger charge is 2.18. The molecule has 0 unspecified atom stereocenters. The molecular weight excluding hydrogens is 305 g/mol. The summed E-state index contributed by atoms with van der Waals surface area (Å²) in [4.78, 5) is 12.1. The molecule has 0 radical (unpaired) electrons. The number of hydrogen-bond acceptors (Lipinski definition) is 2. The number of benzene rings is 2. The van der Waals surface area contributed by atoms with Crippen LogP contribution in [0.4, 0.5) is 10.1 Å². The first kappa shape index (κ1) is 16.3. The van der Waals surface area contributed by atoms with Crippen LogP contribution in [0.25, 0.3) is 0 Å². The van der Waals surface area contributed by atoms with Gasteiger partial charge in [-0.15, -0.1) is 0 Å². The highest BCUT2D eigenvalue weighted by molar-refractivity contribution is 6.30. The Kier molecular flexibility index (Phi) is 5.03. The van der Waals surface area contributed by atoms with E-state index >= 15 is 0 Å². The quantitative estimate of drug-likeness (QED) is 0.900. The van der Waals surface area contributed by atoms with Gasteiger partial charge in [-0.2, -0.15) is 0 Å². The Hall–Kier alpha value is -2.07. The third-order valence-corrected chi connectivity index (χ3v) is 3.44. The average Bonchev–Trinajstić information content (AvgIpc) is 2.45. The van der Waals surface area contributed by atoms with Crippen molar-refractivity contribution in [3.8, 4) is 5.75 Å². The van der Waals surface area contributed by atoms with E-state index in [4.69, 9.17) is 16.3 Å². The van der Waals surface area contributed by atoms with Crippen molar-refractivity contribution in [1.29, 1.82) is 0 Å². The van der Waals surface area contributed by atoms with Crippen LogP contribution in [0.3, 0.4) is 0 Å². The molecule has 1 atom stereocenters. The third-order valence-electron chi connectivity index (χ3n) is 3.22. The molecule has 0 saturated heterocycles. The fraction of sp³-hybridized carbons (Fsp3) is 0.235. The van der Waals surface area contributed by atoms with E-state index < -0.39 is 17.8 Å². The van der Waals surface area contributed by atoms with Crippen molar-refractivity contribution in [2.24, 2.45) is 0 Å². The van der Waals surface area contributed by atoms with Crippen LogP contribution in [-0.4, -0.2) is 12.0 Å². The molecule has 2 rings (SSSR count). The number of nitrogens with one attached hydrogen (secondary N) is 1. The lowest BCUT2D eigenvalue weighted by Gasteiger charge is -2.18. The summed E-state index contributed by atoms with van der Waals surface area (Å²) in [6, 6.07) is 9.53. The van der Waals surface area contributed by atoms with E-state index in [2.05, 4.69) is 5.32 Å². The van der Waals surface area contributed by atoms with Gasteiger partial charge < -0.3 is 10.1 Å². The predicted molar refractivity (Wildman–Crippen MR) is 86.0 cm³/mol. The molecular formula is C17H17ClFNO2. The zero-order chi connectivity index (χ0) is 16.3. The van der Waals surface area contributed by atoms with Gasteiger partial charge in [-0.05, 0) is 56.2 Å². The minimum absolute atomic E-state index is 0.132. The second kappa shape index (κ2) is 6.79. The summed E-state index contributed by atoms with van der Waals surface area (Å²) in [7, 11) is 0. The van der Waals surface area contributed by atoms with Gasteiger partial charge in [0.25, 0.3) is 5.91 Å². The monoisotopic (exact) mass is 321 g/mol. The van der Waals surface area contributed by atoms with Crippen LogP contribution in [0.15, 0.2) is 36.4 Å². The molecule has 0 aromatic heterocycles. The van der Waals surface area contributed by atoms with Gasteiger partial charge in [-0.25, -0.2) is 4.39 Å². The van der Waals surface area contributed by atoms with E-state index in [1.165, 1.54) is 12.1 Å². The van der Waals surface area contributed by atoms with Gasteiger partial charge >= 0.3 is 0 Å². The van der Waals surface area contributed by atoms with Gasteiger partial charge in [0.1, 0.15) is 11.6 Å². The number of rotatable bonds is 4. The second-order valence-electron chi connectivity index (χ2n) is 5.10. The van der Waals surface area contributed by atoms with Crippen molar-refractivity contribution in [3.05, 3.63) is 58.4 Å². The number of para-hydroxylation sites is 1. The molecule has 1 N–H and O–H groups in total. The van der Waals surface area contributed by atoms with Gasteiger partial charge in [0.15, 0.2) is 6.10 Å². The summed E-state index contributed by atoms with van der Waals surface area (Å²) in [5, 5.41) is 3.13. The maximum Gasteiger partial charge on any atom is 0.265 e. The van der Waals surface area contributed by atoms with E-state index in [0.717, 1.165) is 11.1 Å². The van der Waals surface area contributed by atoms with E-state index in [0.29, 0.717) is 10.8 Å². The van der Waals surface area contributed by atoms with Gasteiger partial charge in [-0.3, -0.25) is 4.79 Å². The molecule has 0 fully saturated rings. The van der Waals surface area contributed by atoms with E-state index in [1.807, 2.05) is 13.8 Å². The number of halogens is 2. The Bertz CT molecular complexity index is 680. The first-order chi connectivity index (χ1) is 10.4.